The van der Waals surface area contributed by atoms with Crippen LogP contribution in [0.1, 0.15) is 19.3 Å². The molecule has 0 aromatic rings. The van der Waals surface area contributed by atoms with Gasteiger partial charge in [0.15, 0.2) is 0 Å². The molecule has 4 nitrogen and oxygen atoms in total. The van der Waals surface area contributed by atoms with Gasteiger partial charge in [-0.1, -0.05) is 0 Å². The SMILES string of the molecule is C1CC(C2CCN(CCN3CCOCC3)CC2)CN1. The maximum atomic E-state index is 5.40. The second-order valence-electron chi connectivity index (χ2n) is 6.39. The first kappa shape index (κ1) is 13.8. The Bertz CT molecular complexity index is 254. The summed E-state index contributed by atoms with van der Waals surface area (Å²) < 4.78 is 5.40. The summed E-state index contributed by atoms with van der Waals surface area (Å²) >= 11 is 0. The topological polar surface area (TPSA) is 27.7 Å². The van der Waals surface area contributed by atoms with Crippen LogP contribution in [0.4, 0.5) is 0 Å². The Balaban J connectivity index is 1.33. The molecule has 4 heteroatoms. The first-order chi connectivity index (χ1) is 9.42. The normalized spacial score (nSPS) is 31.9. The van der Waals surface area contributed by atoms with Crippen molar-refractivity contribution >= 4 is 0 Å². The lowest BCUT2D eigenvalue weighted by atomic mass is 9.84. The average molecular weight is 267 g/mol. The van der Waals surface area contributed by atoms with E-state index in [1.807, 2.05) is 0 Å². The maximum absolute atomic E-state index is 5.40. The molecule has 1 atom stereocenters. The van der Waals surface area contributed by atoms with Crippen LogP contribution in [0.2, 0.25) is 0 Å². The Morgan fingerprint density at radius 1 is 0.842 bits per heavy atom. The molecular formula is C15H29N3O. The Labute approximate surface area is 117 Å². The van der Waals surface area contributed by atoms with Gasteiger partial charge in [0.2, 0.25) is 0 Å². The molecule has 1 N–H and O–H groups in total. The number of ether oxygens (including phenoxy) is 1. The highest BCUT2D eigenvalue weighted by Crippen LogP contribution is 2.28. The number of morpholine rings is 1. The highest BCUT2D eigenvalue weighted by molar-refractivity contribution is 4.83. The molecule has 0 radical (unpaired) electrons. The molecule has 3 rings (SSSR count). The molecule has 0 aliphatic carbocycles. The van der Waals surface area contributed by atoms with Crippen LogP contribution in [-0.2, 0) is 4.74 Å². The number of nitrogens with zero attached hydrogens (tertiary/aromatic N) is 2. The second kappa shape index (κ2) is 7.02. The van der Waals surface area contributed by atoms with E-state index in [1.165, 1.54) is 58.5 Å². The smallest absolute Gasteiger partial charge is 0.0594 e. The summed E-state index contributed by atoms with van der Waals surface area (Å²) in [5.74, 6) is 1.97. The lowest BCUT2D eigenvalue weighted by molar-refractivity contribution is 0.0307. The van der Waals surface area contributed by atoms with Crippen molar-refractivity contribution in [1.29, 1.82) is 0 Å². The minimum absolute atomic E-state index is 0.927. The summed E-state index contributed by atoms with van der Waals surface area (Å²) in [5.41, 5.74) is 0. The zero-order valence-electron chi connectivity index (χ0n) is 12.1. The monoisotopic (exact) mass is 267 g/mol. The molecule has 1 unspecified atom stereocenters. The number of rotatable bonds is 4. The van der Waals surface area contributed by atoms with Gasteiger partial charge in [-0.15, -0.1) is 0 Å². The summed E-state index contributed by atoms with van der Waals surface area (Å²) in [6.45, 7) is 11.8. The van der Waals surface area contributed by atoms with Crippen LogP contribution in [0.5, 0.6) is 0 Å². The first-order valence-corrected chi connectivity index (χ1v) is 8.15. The molecule has 110 valence electrons. The van der Waals surface area contributed by atoms with Gasteiger partial charge < -0.3 is 15.0 Å². The zero-order chi connectivity index (χ0) is 12.9. The fourth-order valence-corrected chi connectivity index (χ4v) is 3.83. The van der Waals surface area contributed by atoms with E-state index < -0.39 is 0 Å². The molecule has 3 fully saturated rings. The van der Waals surface area contributed by atoms with E-state index in [9.17, 15) is 0 Å². The Hall–Kier alpha value is -0.160. The molecule has 3 saturated heterocycles. The number of piperidine rings is 1. The summed E-state index contributed by atoms with van der Waals surface area (Å²) in [6.07, 6.45) is 4.27. The van der Waals surface area contributed by atoms with Gasteiger partial charge in [-0.3, -0.25) is 4.90 Å². The predicted molar refractivity (Wildman–Crippen MR) is 77.4 cm³/mol. The molecule has 0 spiro atoms. The van der Waals surface area contributed by atoms with Gasteiger partial charge in [0.25, 0.3) is 0 Å². The van der Waals surface area contributed by atoms with Crippen molar-refractivity contribution in [2.45, 2.75) is 19.3 Å². The van der Waals surface area contributed by atoms with Gasteiger partial charge in [-0.2, -0.15) is 0 Å². The van der Waals surface area contributed by atoms with E-state index in [1.54, 1.807) is 0 Å². The highest BCUT2D eigenvalue weighted by atomic mass is 16.5. The van der Waals surface area contributed by atoms with E-state index in [2.05, 4.69) is 15.1 Å². The third-order valence-corrected chi connectivity index (χ3v) is 5.23. The van der Waals surface area contributed by atoms with Gasteiger partial charge in [0.1, 0.15) is 0 Å². The van der Waals surface area contributed by atoms with Crippen LogP contribution in [-0.4, -0.2) is 75.4 Å². The molecule has 0 aromatic heterocycles. The summed E-state index contributed by atoms with van der Waals surface area (Å²) in [6, 6.07) is 0. The van der Waals surface area contributed by atoms with Crippen LogP contribution in [0.25, 0.3) is 0 Å². The van der Waals surface area contributed by atoms with Crippen molar-refractivity contribution in [3.63, 3.8) is 0 Å². The summed E-state index contributed by atoms with van der Waals surface area (Å²) in [7, 11) is 0. The van der Waals surface area contributed by atoms with Crippen molar-refractivity contribution in [3.8, 4) is 0 Å². The zero-order valence-corrected chi connectivity index (χ0v) is 12.1. The van der Waals surface area contributed by atoms with Crippen molar-refractivity contribution in [2.24, 2.45) is 11.8 Å². The minimum Gasteiger partial charge on any atom is -0.379 e. The number of nitrogens with one attached hydrogen (secondary N) is 1. The highest BCUT2D eigenvalue weighted by Gasteiger charge is 2.28. The van der Waals surface area contributed by atoms with Gasteiger partial charge in [0, 0.05) is 26.2 Å². The summed E-state index contributed by atoms with van der Waals surface area (Å²) in [4.78, 5) is 5.23. The fraction of sp³-hybridized carbons (Fsp3) is 1.00. The largest absolute Gasteiger partial charge is 0.379 e. The fourth-order valence-electron chi connectivity index (χ4n) is 3.83. The number of likely N-dealkylation sites (tertiary alicyclic amines) is 1. The maximum Gasteiger partial charge on any atom is 0.0594 e. The summed E-state index contributed by atoms with van der Waals surface area (Å²) in [5, 5.41) is 3.52. The van der Waals surface area contributed by atoms with Crippen molar-refractivity contribution in [3.05, 3.63) is 0 Å². The standard InChI is InChI=1S/C15H29N3O/c1-4-16-13-15(1)14-2-5-17(6-3-14)7-8-18-9-11-19-12-10-18/h14-16H,1-13H2. The van der Waals surface area contributed by atoms with E-state index in [4.69, 9.17) is 4.74 Å². The molecule has 0 aromatic carbocycles. The Kier molecular flexibility index (Phi) is 5.10. The van der Waals surface area contributed by atoms with Crippen molar-refractivity contribution in [1.82, 2.24) is 15.1 Å². The lowest BCUT2D eigenvalue weighted by Crippen LogP contribution is -2.44. The van der Waals surface area contributed by atoms with Gasteiger partial charge in [-0.05, 0) is 57.3 Å². The van der Waals surface area contributed by atoms with Crippen LogP contribution < -0.4 is 5.32 Å². The van der Waals surface area contributed by atoms with Gasteiger partial charge in [0.05, 0.1) is 13.2 Å². The van der Waals surface area contributed by atoms with Crippen LogP contribution >= 0.6 is 0 Å². The molecule has 0 saturated carbocycles. The molecule has 0 bridgehead atoms. The molecule has 3 aliphatic heterocycles. The third kappa shape index (κ3) is 3.91. The van der Waals surface area contributed by atoms with Crippen LogP contribution in [0.15, 0.2) is 0 Å². The van der Waals surface area contributed by atoms with Crippen LogP contribution in [0, 0.1) is 11.8 Å². The first-order valence-electron chi connectivity index (χ1n) is 8.15. The predicted octanol–water partition coefficient (Wildman–Crippen LogP) is 0.640. The second-order valence-corrected chi connectivity index (χ2v) is 6.39. The Morgan fingerprint density at radius 2 is 1.53 bits per heavy atom. The van der Waals surface area contributed by atoms with E-state index in [0.29, 0.717) is 0 Å². The molecule has 3 heterocycles. The van der Waals surface area contributed by atoms with E-state index in [0.717, 1.165) is 38.1 Å². The molecular weight excluding hydrogens is 238 g/mol. The minimum atomic E-state index is 0.927. The Morgan fingerprint density at radius 3 is 2.16 bits per heavy atom. The van der Waals surface area contributed by atoms with Gasteiger partial charge >= 0.3 is 0 Å². The molecule has 3 aliphatic rings. The third-order valence-electron chi connectivity index (χ3n) is 5.23. The molecule has 0 amide bonds. The quantitative estimate of drug-likeness (QED) is 0.809. The lowest BCUT2D eigenvalue weighted by Gasteiger charge is -2.36. The number of hydrogen-bond acceptors (Lipinski definition) is 4. The van der Waals surface area contributed by atoms with Crippen molar-refractivity contribution in [2.75, 3.05) is 65.6 Å². The van der Waals surface area contributed by atoms with Crippen LogP contribution in [0.3, 0.4) is 0 Å². The average Bonchev–Trinajstić information content (AvgIpc) is 3.01. The van der Waals surface area contributed by atoms with Crippen molar-refractivity contribution < 1.29 is 4.74 Å². The van der Waals surface area contributed by atoms with Gasteiger partial charge in [-0.25, -0.2) is 0 Å². The van der Waals surface area contributed by atoms with E-state index in [-0.39, 0.29) is 0 Å². The molecule has 19 heavy (non-hydrogen) atoms. The number of hydrogen-bond donors (Lipinski definition) is 1. The van der Waals surface area contributed by atoms with E-state index >= 15 is 0 Å².